The number of benzene rings is 1. The van der Waals surface area contributed by atoms with Crippen LogP contribution >= 0.6 is 11.6 Å². The number of imidazole rings is 1. The van der Waals surface area contributed by atoms with Crippen LogP contribution in [0, 0.1) is 23.5 Å². The summed E-state index contributed by atoms with van der Waals surface area (Å²) in [5.41, 5.74) is -0.127. The van der Waals surface area contributed by atoms with E-state index in [4.69, 9.17) is 21.6 Å². The Hall–Kier alpha value is -4.30. The second-order valence-electron chi connectivity index (χ2n) is 17.4. The maximum absolute atomic E-state index is 15.6. The molecule has 2 atom stereocenters. The molecule has 2 amide bonds. The fourth-order valence-corrected chi connectivity index (χ4v) is 9.33. The Kier molecular flexibility index (Phi) is 8.16. The minimum absolute atomic E-state index is 0.00258. The SMILES string of the molecule is CC(C)n1cnc2cc(-c3cnc4c(c3)N(C3CC(C)(N5CCC6C[C@@H]6C5)C3)C(=O)C4(C)C)nc(Nc3cc(C(=O)NC4(C(F)F)CC4)c(Cl)c(F)c3F)c21. The number of carbonyl (C=O) groups excluding carboxylic acids is 2. The van der Waals surface area contributed by atoms with Gasteiger partial charge in [0.1, 0.15) is 11.1 Å². The predicted molar refractivity (Wildman–Crippen MR) is 201 cm³/mol. The summed E-state index contributed by atoms with van der Waals surface area (Å²) < 4.78 is 60.0. The molecule has 1 saturated heterocycles. The molecule has 3 aliphatic carbocycles. The number of anilines is 3. The van der Waals surface area contributed by atoms with E-state index in [1.54, 1.807) is 18.6 Å². The molecule has 1 unspecified atom stereocenters. The lowest BCUT2D eigenvalue weighted by atomic mass is 9.71. The number of halogens is 5. The molecule has 3 saturated carbocycles. The molecule has 10 nitrogen and oxygen atoms in total. The first-order valence-corrected chi connectivity index (χ1v) is 19.4. The summed E-state index contributed by atoms with van der Waals surface area (Å²) >= 11 is 6.08. The van der Waals surface area contributed by atoms with E-state index in [9.17, 15) is 18.4 Å². The second kappa shape index (κ2) is 12.3. The molecule has 0 spiro atoms. The first-order chi connectivity index (χ1) is 26.0. The van der Waals surface area contributed by atoms with Crippen molar-refractivity contribution in [1.29, 1.82) is 0 Å². The Morgan fingerprint density at radius 1 is 1.04 bits per heavy atom. The van der Waals surface area contributed by atoms with Gasteiger partial charge in [-0.25, -0.2) is 27.5 Å². The van der Waals surface area contributed by atoms with E-state index in [-0.39, 0.29) is 42.2 Å². The minimum Gasteiger partial charge on any atom is -0.341 e. The Balaban J connectivity index is 1.07. The Morgan fingerprint density at radius 2 is 1.78 bits per heavy atom. The third-order valence-electron chi connectivity index (χ3n) is 12.9. The summed E-state index contributed by atoms with van der Waals surface area (Å²) in [6.45, 7) is 12.2. The van der Waals surface area contributed by atoms with Gasteiger partial charge in [0.15, 0.2) is 17.5 Å². The van der Waals surface area contributed by atoms with Crippen LogP contribution in [-0.2, 0) is 10.2 Å². The summed E-state index contributed by atoms with van der Waals surface area (Å²) in [6.07, 6.45) is 4.86. The first-order valence-electron chi connectivity index (χ1n) is 19.0. The molecule has 5 heterocycles. The molecule has 4 fully saturated rings. The molecular weight excluding hydrogens is 736 g/mol. The fourth-order valence-electron chi connectivity index (χ4n) is 9.10. The number of carbonyl (C=O) groups is 2. The van der Waals surface area contributed by atoms with Crippen LogP contribution in [0.1, 0.15) is 95.2 Å². The molecule has 3 aromatic heterocycles. The van der Waals surface area contributed by atoms with Gasteiger partial charge >= 0.3 is 0 Å². The van der Waals surface area contributed by atoms with E-state index >= 15 is 8.78 Å². The van der Waals surface area contributed by atoms with Crippen LogP contribution in [0.25, 0.3) is 22.3 Å². The van der Waals surface area contributed by atoms with Crippen molar-refractivity contribution >= 4 is 51.6 Å². The number of hydrogen-bond donors (Lipinski definition) is 2. The van der Waals surface area contributed by atoms with Crippen molar-refractivity contribution in [2.24, 2.45) is 11.8 Å². The number of fused-ring (bicyclic) bond motifs is 3. The number of aromatic nitrogens is 4. The monoisotopic (exact) mass is 778 g/mol. The number of nitrogens with zero attached hydrogens (tertiary/aromatic N) is 6. The third-order valence-corrected chi connectivity index (χ3v) is 13.2. The second-order valence-corrected chi connectivity index (χ2v) is 17.7. The van der Waals surface area contributed by atoms with Crippen LogP contribution in [-0.4, -0.2) is 72.9 Å². The van der Waals surface area contributed by atoms with Crippen molar-refractivity contribution in [3.63, 3.8) is 0 Å². The van der Waals surface area contributed by atoms with Crippen LogP contribution in [0.15, 0.2) is 30.7 Å². The zero-order valence-corrected chi connectivity index (χ0v) is 32.1. The van der Waals surface area contributed by atoms with Gasteiger partial charge in [-0.15, -0.1) is 0 Å². The molecular formula is C40H43ClF4N8O2. The quantitative estimate of drug-likeness (QED) is 0.130. The average molecular weight is 779 g/mol. The third kappa shape index (κ3) is 5.71. The van der Waals surface area contributed by atoms with E-state index in [0.717, 1.165) is 49.5 Å². The zero-order valence-electron chi connectivity index (χ0n) is 31.3. The van der Waals surface area contributed by atoms with E-state index in [0.29, 0.717) is 28.0 Å². The molecule has 290 valence electrons. The first kappa shape index (κ1) is 36.3. The lowest BCUT2D eigenvalue weighted by Crippen LogP contribution is -2.64. The number of rotatable bonds is 9. The summed E-state index contributed by atoms with van der Waals surface area (Å²) in [5, 5.41) is 4.31. The molecule has 1 aromatic carbocycles. The van der Waals surface area contributed by atoms with Crippen LogP contribution in [0.3, 0.4) is 0 Å². The summed E-state index contributed by atoms with van der Waals surface area (Å²) in [5.74, 6) is -2.14. The zero-order chi connectivity index (χ0) is 38.9. The van der Waals surface area contributed by atoms with Gasteiger partial charge in [0.2, 0.25) is 5.91 Å². The maximum Gasteiger partial charge on any atom is 0.261 e. The fraction of sp³-hybridized carbons (Fsp3) is 0.525. The minimum atomic E-state index is -2.83. The van der Waals surface area contributed by atoms with Crippen LogP contribution in [0.5, 0.6) is 0 Å². The standard InChI is InChI=1S/C40H43ClF4N8O2/c1-19(2)52-18-47-27-13-25(48-34(32(27)52)49-26-12-24(29(41)31(43)30(26)42)35(54)50-40(7-8-40)36(44)45)21-11-28-33(46-16-21)38(3,4)37(55)53(28)23-14-39(5,15-23)51-9-6-20-10-22(20)17-51/h11-13,16,18-20,22-23,36H,6-10,14-15,17H2,1-5H3,(H,48,49)(H,50,54)/t20?,22-,23?,39?/m1/s1. The van der Waals surface area contributed by atoms with Crippen molar-refractivity contribution in [1.82, 2.24) is 29.7 Å². The smallest absolute Gasteiger partial charge is 0.261 e. The molecule has 0 radical (unpaired) electrons. The number of amides is 2. The Morgan fingerprint density at radius 3 is 2.45 bits per heavy atom. The van der Waals surface area contributed by atoms with Gasteiger partial charge < -0.3 is 20.1 Å². The number of pyridine rings is 2. The number of likely N-dealkylation sites (tertiary alicyclic amines) is 1. The highest BCUT2D eigenvalue weighted by atomic mass is 35.5. The van der Waals surface area contributed by atoms with Gasteiger partial charge in [-0.3, -0.25) is 19.5 Å². The van der Waals surface area contributed by atoms with Gasteiger partial charge in [0.05, 0.1) is 50.6 Å². The van der Waals surface area contributed by atoms with Crippen molar-refractivity contribution in [2.75, 3.05) is 23.3 Å². The highest BCUT2D eigenvalue weighted by Crippen LogP contribution is 2.53. The van der Waals surface area contributed by atoms with Crippen molar-refractivity contribution < 1.29 is 27.2 Å². The van der Waals surface area contributed by atoms with E-state index in [1.165, 1.54) is 12.8 Å². The summed E-state index contributed by atoms with van der Waals surface area (Å²) in [4.78, 5) is 46.1. The normalized spacial score (nSPS) is 26.3. The van der Waals surface area contributed by atoms with Crippen molar-refractivity contribution in [2.45, 2.75) is 108 Å². The molecule has 0 bridgehead atoms. The van der Waals surface area contributed by atoms with Gasteiger partial charge in [0, 0.05) is 35.9 Å². The number of alkyl halides is 2. The van der Waals surface area contributed by atoms with E-state index in [1.807, 2.05) is 43.2 Å². The highest BCUT2D eigenvalue weighted by molar-refractivity contribution is 6.34. The number of hydrogen-bond acceptors (Lipinski definition) is 7. The molecule has 9 rings (SSSR count). The molecule has 55 heavy (non-hydrogen) atoms. The number of nitrogens with one attached hydrogen (secondary N) is 2. The lowest BCUT2D eigenvalue weighted by Gasteiger charge is -2.55. The average Bonchev–Trinajstić information content (AvgIpc) is 4.04. The largest absolute Gasteiger partial charge is 0.341 e. The van der Waals surface area contributed by atoms with Crippen LogP contribution < -0.4 is 15.5 Å². The number of piperidine rings is 1. The van der Waals surface area contributed by atoms with Crippen LogP contribution in [0.4, 0.5) is 34.8 Å². The Labute approximate surface area is 321 Å². The Bertz CT molecular complexity index is 2280. The molecule has 2 N–H and O–H groups in total. The van der Waals surface area contributed by atoms with Gasteiger partial charge in [-0.2, -0.15) is 0 Å². The van der Waals surface area contributed by atoms with Crippen molar-refractivity contribution in [3.8, 4) is 11.3 Å². The van der Waals surface area contributed by atoms with E-state index in [2.05, 4.69) is 27.4 Å². The van der Waals surface area contributed by atoms with Gasteiger partial charge in [-0.05, 0) is 110 Å². The van der Waals surface area contributed by atoms with E-state index < -0.39 is 51.2 Å². The topological polar surface area (TPSA) is 108 Å². The van der Waals surface area contributed by atoms with Gasteiger partial charge in [0.25, 0.3) is 12.3 Å². The van der Waals surface area contributed by atoms with Gasteiger partial charge in [-0.1, -0.05) is 11.6 Å². The predicted octanol–water partition coefficient (Wildman–Crippen LogP) is 8.16. The lowest BCUT2D eigenvalue weighted by molar-refractivity contribution is -0.124. The summed E-state index contributed by atoms with van der Waals surface area (Å²) in [7, 11) is 0. The maximum atomic E-state index is 15.6. The molecule has 4 aromatic rings. The van der Waals surface area contributed by atoms with Crippen molar-refractivity contribution in [3.05, 3.63) is 58.6 Å². The summed E-state index contributed by atoms with van der Waals surface area (Å²) in [6, 6.07) is 4.59. The van der Waals surface area contributed by atoms with Crippen LogP contribution in [0.2, 0.25) is 5.02 Å². The highest BCUT2D eigenvalue weighted by Gasteiger charge is 2.57. The molecule has 2 aliphatic heterocycles. The molecule has 15 heteroatoms. The molecule has 5 aliphatic rings.